The minimum Gasteiger partial charge on any atom is -0.454 e. The third kappa shape index (κ3) is 2.93. The van der Waals surface area contributed by atoms with E-state index in [0.29, 0.717) is 17.1 Å². The summed E-state index contributed by atoms with van der Waals surface area (Å²) in [6.45, 7) is 1.97. The number of allylic oxidation sites excluding steroid dienone is 1. The molecule has 5 heteroatoms. The molecule has 2 aromatic carbocycles. The molecule has 0 fully saturated rings. The zero-order valence-corrected chi connectivity index (χ0v) is 11.9. The number of ketones is 1. The van der Waals surface area contributed by atoms with Crippen LogP contribution in [0.5, 0.6) is 11.5 Å². The predicted molar refractivity (Wildman–Crippen MR) is 80.8 cm³/mol. The Bertz CT molecular complexity index is 756. The van der Waals surface area contributed by atoms with Crippen molar-refractivity contribution in [3.63, 3.8) is 0 Å². The van der Waals surface area contributed by atoms with E-state index in [1.54, 1.807) is 31.2 Å². The zero-order valence-electron chi connectivity index (χ0n) is 11.9. The smallest absolute Gasteiger partial charge is 0.231 e. The van der Waals surface area contributed by atoms with Gasteiger partial charge in [0.25, 0.3) is 0 Å². The maximum absolute atomic E-state index is 13.0. The van der Waals surface area contributed by atoms with Crippen molar-refractivity contribution in [1.29, 1.82) is 0 Å². The van der Waals surface area contributed by atoms with Crippen LogP contribution in [0.3, 0.4) is 0 Å². The van der Waals surface area contributed by atoms with Gasteiger partial charge in [-0.05, 0) is 48.9 Å². The number of halogens is 1. The van der Waals surface area contributed by atoms with E-state index in [0.717, 1.165) is 11.3 Å². The minimum atomic E-state index is -0.288. The fourth-order valence-electron chi connectivity index (χ4n) is 2.14. The molecule has 1 aliphatic rings. The molecule has 22 heavy (non-hydrogen) atoms. The number of hydrogen-bond donors (Lipinski definition) is 1. The number of hydrogen-bond acceptors (Lipinski definition) is 4. The van der Waals surface area contributed by atoms with Gasteiger partial charge in [0.15, 0.2) is 17.3 Å². The third-order valence-electron chi connectivity index (χ3n) is 3.32. The molecule has 0 saturated carbocycles. The topological polar surface area (TPSA) is 47.6 Å². The number of nitrogens with one attached hydrogen (secondary N) is 1. The molecule has 0 radical (unpaired) electrons. The van der Waals surface area contributed by atoms with Gasteiger partial charge in [0.1, 0.15) is 5.82 Å². The molecular weight excluding hydrogens is 285 g/mol. The molecule has 112 valence electrons. The summed E-state index contributed by atoms with van der Waals surface area (Å²) in [5.74, 6) is 0.760. The van der Waals surface area contributed by atoms with Gasteiger partial charge in [0.2, 0.25) is 6.79 Å². The second-order valence-corrected chi connectivity index (χ2v) is 4.87. The van der Waals surface area contributed by atoms with Gasteiger partial charge in [-0.15, -0.1) is 0 Å². The first-order valence-corrected chi connectivity index (χ1v) is 6.77. The van der Waals surface area contributed by atoms with Crippen molar-refractivity contribution in [2.45, 2.75) is 6.92 Å². The summed E-state index contributed by atoms with van der Waals surface area (Å²) in [6, 6.07) is 9.46. The van der Waals surface area contributed by atoms with Crippen molar-refractivity contribution < 1.29 is 18.7 Å². The zero-order chi connectivity index (χ0) is 15.5. The van der Waals surface area contributed by atoms with Crippen molar-refractivity contribution in [1.82, 2.24) is 0 Å². The van der Waals surface area contributed by atoms with Crippen molar-refractivity contribution in [3.8, 4) is 11.5 Å². The second-order valence-electron chi connectivity index (χ2n) is 4.87. The first-order chi connectivity index (χ1) is 10.6. The Morgan fingerprint density at radius 3 is 2.82 bits per heavy atom. The number of rotatable bonds is 4. The van der Waals surface area contributed by atoms with Crippen LogP contribution in [0.25, 0.3) is 0 Å². The van der Waals surface area contributed by atoms with Crippen molar-refractivity contribution in [2.75, 3.05) is 12.1 Å². The summed E-state index contributed by atoms with van der Waals surface area (Å²) in [4.78, 5) is 12.1. The Balaban J connectivity index is 1.68. The molecular formula is C17H14FNO3. The molecule has 0 atom stereocenters. The summed E-state index contributed by atoms with van der Waals surface area (Å²) in [5, 5.41) is 2.97. The van der Waals surface area contributed by atoms with Gasteiger partial charge in [-0.2, -0.15) is 0 Å². The molecule has 0 unspecified atom stereocenters. The van der Waals surface area contributed by atoms with Crippen LogP contribution >= 0.6 is 0 Å². The molecule has 1 heterocycles. The molecule has 0 spiro atoms. The third-order valence-corrected chi connectivity index (χ3v) is 3.32. The largest absolute Gasteiger partial charge is 0.454 e. The van der Waals surface area contributed by atoms with Gasteiger partial charge < -0.3 is 14.8 Å². The van der Waals surface area contributed by atoms with Crippen LogP contribution in [0.1, 0.15) is 15.9 Å². The van der Waals surface area contributed by atoms with Crippen molar-refractivity contribution >= 4 is 11.5 Å². The van der Waals surface area contributed by atoms with Gasteiger partial charge in [-0.3, -0.25) is 4.79 Å². The van der Waals surface area contributed by atoms with Crippen molar-refractivity contribution in [2.24, 2.45) is 0 Å². The summed E-state index contributed by atoms with van der Waals surface area (Å²) < 4.78 is 23.4. The van der Waals surface area contributed by atoms with Gasteiger partial charge >= 0.3 is 0 Å². The van der Waals surface area contributed by atoms with Gasteiger partial charge in [0, 0.05) is 23.5 Å². The standard InChI is InChI=1S/C17H14FNO3/c1-11-8-13(18)3-4-14(11)19-7-6-15(20)12-2-5-16-17(9-12)22-10-21-16/h2-9,19H,10H2,1H3/b7-6+. The van der Waals surface area contributed by atoms with Gasteiger partial charge in [-0.1, -0.05) is 0 Å². The normalized spacial score (nSPS) is 12.6. The first kappa shape index (κ1) is 14.1. The van der Waals surface area contributed by atoms with E-state index in [2.05, 4.69) is 5.32 Å². The Kier molecular flexibility index (Phi) is 3.78. The Morgan fingerprint density at radius 1 is 1.18 bits per heavy atom. The van der Waals surface area contributed by atoms with E-state index in [1.165, 1.54) is 24.4 Å². The molecule has 1 N–H and O–H groups in total. The van der Waals surface area contributed by atoms with Crippen LogP contribution in [0, 0.1) is 12.7 Å². The molecule has 0 saturated heterocycles. The molecule has 0 aliphatic carbocycles. The molecule has 3 rings (SSSR count). The highest BCUT2D eigenvalue weighted by Crippen LogP contribution is 2.32. The molecule has 0 bridgehead atoms. The van der Waals surface area contributed by atoms with Crippen LogP contribution < -0.4 is 14.8 Å². The monoisotopic (exact) mass is 299 g/mol. The molecule has 2 aromatic rings. The van der Waals surface area contributed by atoms with Gasteiger partial charge in [-0.25, -0.2) is 4.39 Å². The molecule has 0 aromatic heterocycles. The number of carbonyl (C=O) groups is 1. The molecule has 1 aliphatic heterocycles. The Hall–Kier alpha value is -2.82. The maximum atomic E-state index is 13.0. The number of anilines is 1. The predicted octanol–water partition coefficient (Wildman–Crippen LogP) is 3.67. The van der Waals surface area contributed by atoms with Crippen LogP contribution in [0.4, 0.5) is 10.1 Å². The average molecular weight is 299 g/mol. The summed E-state index contributed by atoms with van der Waals surface area (Å²) in [6.07, 6.45) is 2.95. The number of benzene rings is 2. The summed E-state index contributed by atoms with van der Waals surface area (Å²) in [7, 11) is 0. The van der Waals surface area contributed by atoms with Gasteiger partial charge in [0.05, 0.1) is 0 Å². The SMILES string of the molecule is Cc1cc(F)ccc1N/C=C/C(=O)c1ccc2c(c1)OCO2. The highest BCUT2D eigenvalue weighted by atomic mass is 19.1. The number of carbonyl (C=O) groups excluding carboxylic acids is 1. The Labute approximate surface area is 127 Å². The summed E-state index contributed by atoms with van der Waals surface area (Å²) >= 11 is 0. The van der Waals surface area contributed by atoms with Crippen LogP contribution in [0.15, 0.2) is 48.7 Å². The fourth-order valence-corrected chi connectivity index (χ4v) is 2.14. The van der Waals surface area contributed by atoms with Crippen molar-refractivity contribution in [3.05, 3.63) is 65.6 Å². The van der Waals surface area contributed by atoms with E-state index in [1.807, 2.05) is 0 Å². The lowest BCUT2D eigenvalue weighted by atomic mass is 10.1. The average Bonchev–Trinajstić information content (AvgIpc) is 2.96. The fraction of sp³-hybridized carbons (Fsp3) is 0.118. The Morgan fingerprint density at radius 2 is 2.00 bits per heavy atom. The molecule has 4 nitrogen and oxygen atoms in total. The van der Waals surface area contributed by atoms with E-state index in [9.17, 15) is 9.18 Å². The highest BCUT2D eigenvalue weighted by molar-refractivity contribution is 6.05. The number of aryl methyl sites for hydroxylation is 1. The first-order valence-electron chi connectivity index (χ1n) is 6.77. The lowest BCUT2D eigenvalue weighted by molar-refractivity contribution is 0.104. The van der Waals surface area contributed by atoms with Crippen LogP contribution in [-0.2, 0) is 0 Å². The summed E-state index contributed by atoms with van der Waals surface area (Å²) in [5.41, 5.74) is 2.02. The highest BCUT2D eigenvalue weighted by Gasteiger charge is 2.14. The van der Waals surface area contributed by atoms with Crippen LogP contribution in [-0.4, -0.2) is 12.6 Å². The number of ether oxygens (including phenoxy) is 2. The second kappa shape index (κ2) is 5.89. The lowest BCUT2D eigenvalue weighted by Gasteiger charge is -2.05. The number of fused-ring (bicyclic) bond motifs is 1. The van der Waals surface area contributed by atoms with Crippen LogP contribution in [0.2, 0.25) is 0 Å². The van der Waals surface area contributed by atoms with E-state index >= 15 is 0 Å². The quantitative estimate of drug-likeness (QED) is 0.691. The maximum Gasteiger partial charge on any atom is 0.231 e. The molecule has 0 amide bonds. The lowest BCUT2D eigenvalue weighted by Crippen LogP contribution is -1.97. The van der Waals surface area contributed by atoms with E-state index < -0.39 is 0 Å². The van der Waals surface area contributed by atoms with E-state index in [-0.39, 0.29) is 18.4 Å². The minimum absolute atomic E-state index is 0.162. The van der Waals surface area contributed by atoms with E-state index in [4.69, 9.17) is 9.47 Å².